The summed E-state index contributed by atoms with van der Waals surface area (Å²) in [5.74, 6) is 1.90. The number of aromatic hydroxyl groups is 1. The topological polar surface area (TPSA) is 193 Å². The molecule has 0 bridgehead atoms. The Hall–Kier alpha value is -5.93. The number of hydrogen-bond donors (Lipinski definition) is 6. The number of hydrogen-bond acceptors (Lipinski definition) is 12. The van der Waals surface area contributed by atoms with Gasteiger partial charge in [0, 0.05) is 78.3 Å². The van der Waals surface area contributed by atoms with E-state index < -0.39 is 0 Å². The van der Waals surface area contributed by atoms with Gasteiger partial charge < -0.3 is 30.5 Å². The summed E-state index contributed by atoms with van der Waals surface area (Å²) in [5.41, 5.74) is 6.10. The first-order valence-electron chi connectivity index (χ1n) is 19.1. The molecular weight excluding hydrogens is 707 g/mol. The lowest BCUT2D eigenvalue weighted by atomic mass is 9.79. The summed E-state index contributed by atoms with van der Waals surface area (Å²) in [6, 6.07) is 17.2. The molecule has 15 heteroatoms. The number of benzene rings is 1. The Morgan fingerprint density at radius 3 is 2.05 bits per heavy atom. The molecule has 6 aromatic rings. The van der Waals surface area contributed by atoms with Crippen LogP contribution in [0, 0.1) is 5.41 Å². The number of H-pyrrole nitrogens is 3. The van der Waals surface area contributed by atoms with Crippen molar-refractivity contribution in [3.8, 4) is 50.6 Å². The van der Waals surface area contributed by atoms with Crippen molar-refractivity contribution in [2.24, 2.45) is 5.41 Å². The smallest absolute Gasteiger partial charge is 0.257 e. The normalized spacial score (nSPS) is 18.3. The predicted octanol–water partition coefficient (Wildman–Crippen LogP) is 5.01. The minimum atomic E-state index is -0.203. The summed E-state index contributed by atoms with van der Waals surface area (Å²) in [5, 5.41) is 48.4. The molecule has 0 saturated carbocycles. The van der Waals surface area contributed by atoms with Gasteiger partial charge in [0.2, 0.25) is 0 Å². The van der Waals surface area contributed by atoms with Crippen molar-refractivity contribution in [1.82, 2.24) is 56.4 Å². The van der Waals surface area contributed by atoms with Gasteiger partial charge in [0.15, 0.2) is 11.6 Å². The maximum atomic E-state index is 12.6. The molecule has 3 aliphatic rings. The van der Waals surface area contributed by atoms with Gasteiger partial charge in [-0.25, -0.2) is 0 Å². The molecule has 290 valence electrons. The standard InChI is InChI=1S/C22H29N7O.C19H20N6O/c1-21(2)10-15(11-22(3,4)28-21)29(5)19-9-8-18(26-27-19)16-6-7-17(25-20(16)30)14-12-23-24-13-14;26-17-7-13(14-8-21-22-9-14)1-2-15(17)16-3-4-18(24-23-16)25-11-19(12-25)5-6-20-10-19/h6-9,12-13,15,28H,10-11H2,1-5H3,(H,23,24)(H,25,30);1-4,7-9,20,26H,5-6,10-12H2,(H,21,22). The van der Waals surface area contributed by atoms with Crippen molar-refractivity contribution in [1.29, 1.82) is 0 Å². The van der Waals surface area contributed by atoms with Crippen LogP contribution in [0.5, 0.6) is 5.75 Å². The monoisotopic (exact) mass is 755 g/mol. The molecule has 0 unspecified atom stereocenters. The number of rotatable bonds is 7. The lowest BCUT2D eigenvalue weighted by Crippen LogP contribution is -2.62. The average Bonchev–Trinajstić information content (AvgIpc) is 3.98. The molecule has 5 aromatic heterocycles. The molecule has 9 rings (SSSR count). The quantitative estimate of drug-likeness (QED) is 0.128. The Balaban J connectivity index is 0.000000159. The zero-order valence-electron chi connectivity index (χ0n) is 32.5. The van der Waals surface area contributed by atoms with Crippen molar-refractivity contribution >= 4 is 11.6 Å². The second-order valence-corrected chi connectivity index (χ2v) is 16.7. The second-order valence-electron chi connectivity index (χ2n) is 16.7. The largest absolute Gasteiger partial charge is 0.507 e. The van der Waals surface area contributed by atoms with Crippen LogP contribution in [0.3, 0.4) is 0 Å². The van der Waals surface area contributed by atoms with E-state index in [0.29, 0.717) is 39.7 Å². The molecule has 3 saturated heterocycles. The number of pyridine rings is 1. The summed E-state index contributed by atoms with van der Waals surface area (Å²) in [6.07, 6.45) is 10.2. The number of nitrogens with zero attached hydrogens (tertiary/aromatic N) is 8. The molecule has 56 heavy (non-hydrogen) atoms. The first-order chi connectivity index (χ1) is 26.9. The molecule has 0 aliphatic carbocycles. The Morgan fingerprint density at radius 2 is 1.46 bits per heavy atom. The van der Waals surface area contributed by atoms with Crippen molar-refractivity contribution < 1.29 is 5.11 Å². The third-order valence-corrected chi connectivity index (χ3v) is 11.2. The van der Waals surface area contributed by atoms with Crippen LogP contribution < -0.4 is 26.0 Å². The van der Waals surface area contributed by atoms with Crippen molar-refractivity contribution in [2.75, 3.05) is 43.0 Å². The molecule has 3 aliphatic heterocycles. The zero-order valence-corrected chi connectivity index (χ0v) is 32.5. The van der Waals surface area contributed by atoms with E-state index in [0.717, 1.165) is 67.3 Å². The fourth-order valence-electron chi connectivity index (χ4n) is 8.59. The number of aromatic nitrogens is 9. The van der Waals surface area contributed by atoms with Crippen LogP contribution in [0.25, 0.3) is 44.9 Å². The molecule has 0 amide bonds. The van der Waals surface area contributed by atoms with Crippen LogP contribution >= 0.6 is 0 Å². The van der Waals surface area contributed by atoms with Crippen LogP contribution in [0.4, 0.5) is 11.6 Å². The number of anilines is 2. The molecule has 1 spiro atoms. The Morgan fingerprint density at radius 1 is 0.786 bits per heavy atom. The highest BCUT2D eigenvalue weighted by Crippen LogP contribution is 2.39. The van der Waals surface area contributed by atoms with E-state index in [2.05, 4.69) is 101 Å². The van der Waals surface area contributed by atoms with E-state index in [9.17, 15) is 9.90 Å². The molecule has 0 radical (unpaired) electrons. The number of aromatic amines is 3. The molecule has 0 atom stereocenters. The van der Waals surface area contributed by atoms with E-state index in [1.165, 1.54) is 6.42 Å². The van der Waals surface area contributed by atoms with Crippen LogP contribution in [0.15, 0.2) is 84.2 Å². The van der Waals surface area contributed by atoms with Gasteiger partial charge in [0.1, 0.15) is 5.75 Å². The predicted molar refractivity (Wildman–Crippen MR) is 217 cm³/mol. The van der Waals surface area contributed by atoms with Gasteiger partial charge in [-0.05, 0) is 108 Å². The summed E-state index contributed by atoms with van der Waals surface area (Å²) < 4.78 is 0. The highest BCUT2D eigenvalue weighted by molar-refractivity contribution is 5.74. The summed E-state index contributed by atoms with van der Waals surface area (Å²) in [7, 11) is 2.07. The van der Waals surface area contributed by atoms with Gasteiger partial charge in [-0.15, -0.1) is 20.4 Å². The summed E-state index contributed by atoms with van der Waals surface area (Å²) >= 11 is 0. The van der Waals surface area contributed by atoms with Crippen LogP contribution in [-0.4, -0.2) is 101 Å². The van der Waals surface area contributed by atoms with E-state index in [1.807, 2.05) is 42.5 Å². The van der Waals surface area contributed by atoms with Crippen LogP contribution in [-0.2, 0) is 0 Å². The van der Waals surface area contributed by atoms with Gasteiger partial charge in [-0.2, -0.15) is 10.2 Å². The minimum absolute atomic E-state index is 0.0536. The second kappa shape index (κ2) is 14.6. The first-order valence-corrected chi connectivity index (χ1v) is 19.1. The lowest BCUT2D eigenvalue weighted by molar-refractivity contribution is 0.160. The highest BCUT2D eigenvalue weighted by Gasteiger charge is 2.45. The zero-order chi connectivity index (χ0) is 39.1. The fourth-order valence-corrected chi connectivity index (χ4v) is 8.59. The molecule has 8 heterocycles. The Bertz CT molecular complexity index is 2290. The Kier molecular flexibility index (Phi) is 9.66. The fraction of sp³-hybridized carbons (Fsp3) is 0.390. The number of piperidine rings is 1. The highest BCUT2D eigenvalue weighted by atomic mass is 16.3. The SMILES string of the molecule is CN(c1ccc(-c2ccc(-c3cn[nH]c3)[nH]c2=O)nn1)C1CC(C)(C)NC(C)(C)C1.Oc1cc(-c2cn[nH]c2)ccc1-c1ccc(N2CC3(CCNC3)C2)nn1. The first kappa shape index (κ1) is 37.0. The molecule has 1 aromatic carbocycles. The number of phenolic OH excluding ortho intramolecular Hbond substituents is 1. The van der Waals surface area contributed by atoms with E-state index >= 15 is 0 Å². The minimum Gasteiger partial charge on any atom is -0.507 e. The van der Waals surface area contributed by atoms with Crippen molar-refractivity contribution in [3.05, 3.63) is 89.7 Å². The number of nitrogens with one attached hydrogen (secondary N) is 5. The van der Waals surface area contributed by atoms with Crippen LogP contribution in [0.2, 0.25) is 0 Å². The summed E-state index contributed by atoms with van der Waals surface area (Å²) in [6.45, 7) is 13.3. The van der Waals surface area contributed by atoms with Gasteiger partial charge in [-0.3, -0.25) is 15.0 Å². The van der Waals surface area contributed by atoms with E-state index in [-0.39, 0.29) is 22.4 Å². The molecule has 15 nitrogen and oxygen atoms in total. The maximum absolute atomic E-state index is 12.6. The Labute approximate surface area is 325 Å². The third kappa shape index (κ3) is 7.77. The maximum Gasteiger partial charge on any atom is 0.257 e. The van der Waals surface area contributed by atoms with Crippen LogP contribution in [0.1, 0.15) is 47.0 Å². The van der Waals surface area contributed by atoms with Gasteiger partial charge >= 0.3 is 0 Å². The average molecular weight is 756 g/mol. The summed E-state index contributed by atoms with van der Waals surface area (Å²) in [4.78, 5) is 19.9. The molecule has 3 fully saturated rings. The van der Waals surface area contributed by atoms with Gasteiger partial charge in [0.25, 0.3) is 5.56 Å². The van der Waals surface area contributed by atoms with E-state index in [1.54, 1.807) is 36.9 Å². The lowest BCUT2D eigenvalue weighted by Gasteiger charge is -2.49. The van der Waals surface area contributed by atoms with Crippen molar-refractivity contribution in [3.63, 3.8) is 0 Å². The third-order valence-electron chi connectivity index (χ3n) is 11.2. The van der Waals surface area contributed by atoms with E-state index in [4.69, 9.17) is 0 Å². The number of phenols is 1. The van der Waals surface area contributed by atoms with Gasteiger partial charge in [0.05, 0.1) is 35.0 Å². The molecular formula is C41H49N13O2. The van der Waals surface area contributed by atoms with Gasteiger partial charge in [-0.1, -0.05) is 6.07 Å². The van der Waals surface area contributed by atoms with Crippen molar-refractivity contribution in [2.45, 2.75) is 64.1 Å². The molecule has 6 N–H and O–H groups in total.